The number of fused-ring (bicyclic) bond motifs is 1. The molecule has 0 atom stereocenters. The second-order valence-corrected chi connectivity index (χ2v) is 4.19. The summed E-state index contributed by atoms with van der Waals surface area (Å²) >= 11 is 0. The summed E-state index contributed by atoms with van der Waals surface area (Å²) in [7, 11) is 0. The first-order valence-corrected chi connectivity index (χ1v) is 5.42. The van der Waals surface area contributed by atoms with Crippen LogP contribution in [0.25, 0.3) is 5.52 Å². The molecule has 2 aromatic heterocycles. The van der Waals surface area contributed by atoms with Gasteiger partial charge in [-0.3, -0.25) is 0 Å². The van der Waals surface area contributed by atoms with Crippen LogP contribution in [0.4, 0.5) is 0 Å². The number of aromatic nitrogens is 2. The molecular formula is C12H12N2O2. The third kappa shape index (κ3) is 1.78. The lowest BCUT2D eigenvalue weighted by atomic mass is 10.3. The minimum atomic E-state index is -0.248. The molecule has 0 spiro atoms. The van der Waals surface area contributed by atoms with E-state index < -0.39 is 0 Å². The number of nitrogens with zero attached hydrogens (tertiary/aromatic N) is 2. The first-order valence-electron chi connectivity index (χ1n) is 5.42. The zero-order valence-electron chi connectivity index (χ0n) is 8.80. The highest BCUT2D eigenvalue weighted by Gasteiger charge is 2.23. The van der Waals surface area contributed by atoms with E-state index in [9.17, 15) is 4.79 Å². The Bertz CT molecular complexity index is 529. The van der Waals surface area contributed by atoms with Crippen LogP contribution in [-0.4, -0.2) is 22.0 Å². The van der Waals surface area contributed by atoms with E-state index in [4.69, 9.17) is 4.74 Å². The van der Waals surface area contributed by atoms with Gasteiger partial charge < -0.3 is 9.14 Å². The van der Waals surface area contributed by atoms with E-state index in [0.29, 0.717) is 18.1 Å². The predicted molar refractivity (Wildman–Crippen MR) is 58.2 cm³/mol. The lowest BCUT2D eigenvalue weighted by Crippen LogP contribution is -2.08. The van der Waals surface area contributed by atoms with Crippen molar-refractivity contribution >= 4 is 11.5 Å². The molecule has 2 heterocycles. The largest absolute Gasteiger partial charge is 0.462 e. The number of pyridine rings is 1. The number of carbonyl (C=O) groups excluding carboxylic acids is 1. The molecule has 0 bridgehead atoms. The van der Waals surface area contributed by atoms with Crippen LogP contribution in [0.3, 0.4) is 0 Å². The highest BCUT2D eigenvalue weighted by Crippen LogP contribution is 2.29. The summed E-state index contributed by atoms with van der Waals surface area (Å²) in [6.45, 7) is 0.556. The molecule has 16 heavy (non-hydrogen) atoms. The molecule has 0 aliphatic heterocycles. The molecule has 0 radical (unpaired) electrons. The van der Waals surface area contributed by atoms with E-state index in [1.165, 1.54) is 12.8 Å². The van der Waals surface area contributed by atoms with E-state index in [2.05, 4.69) is 4.98 Å². The van der Waals surface area contributed by atoms with Crippen molar-refractivity contribution in [3.8, 4) is 0 Å². The fourth-order valence-corrected chi connectivity index (χ4v) is 1.60. The quantitative estimate of drug-likeness (QED) is 0.736. The molecule has 1 saturated carbocycles. The fraction of sp³-hybridized carbons (Fsp3) is 0.333. The molecule has 2 aromatic rings. The Morgan fingerprint density at radius 3 is 3.19 bits per heavy atom. The standard InChI is InChI=1S/C12H12N2O2/c15-12(16-7-9-1-2-9)10-3-4-11-5-13-8-14(11)6-10/h3-6,8-9H,1-2,7H2. The Hall–Kier alpha value is -1.84. The number of hydrogen-bond acceptors (Lipinski definition) is 3. The summed E-state index contributed by atoms with van der Waals surface area (Å²) in [5, 5.41) is 0. The summed E-state index contributed by atoms with van der Waals surface area (Å²) < 4.78 is 7.02. The zero-order chi connectivity index (χ0) is 11.0. The first-order chi connectivity index (χ1) is 7.83. The average Bonchev–Trinajstić information content (AvgIpc) is 3.01. The summed E-state index contributed by atoms with van der Waals surface area (Å²) in [6, 6.07) is 3.63. The molecule has 4 nitrogen and oxygen atoms in total. The van der Waals surface area contributed by atoms with Crippen molar-refractivity contribution in [3.63, 3.8) is 0 Å². The molecular weight excluding hydrogens is 204 g/mol. The highest BCUT2D eigenvalue weighted by atomic mass is 16.5. The molecule has 1 aliphatic rings. The van der Waals surface area contributed by atoms with Crippen molar-refractivity contribution in [2.45, 2.75) is 12.8 Å². The van der Waals surface area contributed by atoms with Gasteiger partial charge >= 0.3 is 5.97 Å². The van der Waals surface area contributed by atoms with Crippen LogP contribution in [-0.2, 0) is 4.74 Å². The number of rotatable bonds is 3. The SMILES string of the molecule is O=C(OCC1CC1)c1ccc2cncn2c1. The summed E-state index contributed by atoms with van der Waals surface area (Å²) in [5.74, 6) is 0.350. The van der Waals surface area contributed by atoms with Crippen molar-refractivity contribution in [1.29, 1.82) is 0 Å². The van der Waals surface area contributed by atoms with Crippen molar-refractivity contribution < 1.29 is 9.53 Å². The van der Waals surface area contributed by atoms with Gasteiger partial charge in [-0.05, 0) is 30.9 Å². The minimum absolute atomic E-state index is 0.248. The Kier molecular flexibility index (Phi) is 2.13. The third-order valence-electron chi connectivity index (χ3n) is 2.79. The molecule has 0 aromatic carbocycles. The van der Waals surface area contributed by atoms with Crippen LogP contribution < -0.4 is 0 Å². The monoisotopic (exact) mass is 216 g/mol. The maximum absolute atomic E-state index is 11.7. The third-order valence-corrected chi connectivity index (χ3v) is 2.79. The van der Waals surface area contributed by atoms with Gasteiger partial charge in [-0.15, -0.1) is 0 Å². The number of hydrogen-bond donors (Lipinski definition) is 0. The maximum Gasteiger partial charge on any atom is 0.339 e. The number of ether oxygens (including phenoxy) is 1. The number of carbonyl (C=O) groups is 1. The topological polar surface area (TPSA) is 43.6 Å². The lowest BCUT2D eigenvalue weighted by Gasteiger charge is -2.03. The Balaban J connectivity index is 1.78. The highest BCUT2D eigenvalue weighted by molar-refractivity contribution is 5.89. The molecule has 0 saturated heterocycles. The Morgan fingerprint density at radius 2 is 2.38 bits per heavy atom. The van der Waals surface area contributed by atoms with Gasteiger partial charge in [0.25, 0.3) is 0 Å². The van der Waals surface area contributed by atoms with Crippen molar-refractivity contribution in [3.05, 3.63) is 36.4 Å². The van der Waals surface area contributed by atoms with E-state index in [1.807, 2.05) is 10.5 Å². The van der Waals surface area contributed by atoms with Crippen LogP contribution >= 0.6 is 0 Å². The van der Waals surface area contributed by atoms with Crippen LogP contribution in [0.5, 0.6) is 0 Å². The number of imidazole rings is 1. The molecule has 1 fully saturated rings. The Labute approximate surface area is 92.9 Å². The van der Waals surface area contributed by atoms with Crippen LogP contribution in [0.15, 0.2) is 30.9 Å². The van der Waals surface area contributed by atoms with Crippen LogP contribution in [0.1, 0.15) is 23.2 Å². The number of esters is 1. The first kappa shape index (κ1) is 9.39. The normalized spacial score (nSPS) is 15.2. The second-order valence-electron chi connectivity index (χ2n) is 4.19. The molecule has 0 unspecified atom stereocenters. The van der Waals surface area contributed by atoms with E-state index >= 15 is 0 Å². The molecule has 3 rings (SSSR count). The van der Waals surface area contributed by atoms with Crippen LogP contribution in [0, 0.1) is 5.92 Å². The zero-order valence-corrected chi connectivity index (χ0v) is 8.80. The smallest absolute Gasteiger partial charge is 0.339 e. The van der Waals surface area contributed by atoms with E-state index in [0.717, 1.165) is 5.52 Å². The van der Waals surface area contributed by atoms with Crippen molar-refractivity contribution in [2.75, 3.05) is 6.61 Å². The van der Waals surface area contributed by atoms with Gasteiger partial charge in [-0.25, -0.2) is 9.78 Å². The fourth-order valence-electron chi connectivity index (χ4n) is 1.60. The molecule has 82 valence electrons. The molecule has 0 N–H and O–H groups in total. The summed E-state index contributed by atoms with van der Waals surface area (Å²) in [4.78, 5) is 15.7. The Morgan fingerprint density at radius 1 is 1.50 bits per heavy atom. The lowest BCUT2D eigenvalue weighted by molar-refractivity contribution is 0.0485. The van der Waals surface area contributed by atoms with E-state index in [1.54, 1.807) is 24.8 Å². The van der Waals surface area contributed by atoms with Crippen molar-refractivity contribution in [2.24, 2.45) is 5.92 Å². The van der Waals surface area contributed by atoms with Gasteiger partial charge in [0, 0.05) is 6.20 Å². The van der Waals surface area contributed by atoms with Crippen LogP contribution in [0.2, 0.25) is 0 Å². The summed E-state index contributed by atoms with van der Waals surface area (Å²) in [6.07, 6.45) is 7.55. The van der Waals surface area contributed by atoms with Gasteiger partial charge in [0.1, 0.15) is 0 Å². The molecule has 4 heteroatoms. The minimum Gasteiger partial charge on any atom is -0.462 e. The molecule has 0 amide bonds. The molecule has 1 aliphatic carbocycles. The van der Waals surface area contributed by atoms with Gasteiger partial charge in [0.15, 0.2) is 0 Å². The van der Waals surface area contributed by atoms with Gasteiger partial charge in [0.2, 0.25) is 0 Å². The summed E-state index contributed by atoms with van der Waals surface area (Å²) in [5.41, 5.74) is 1.55. The van der Waals surface area contributed by atoms with Gasteiger partial charge in [-0.2, -0.15) is 0 Å². The predicted octanol–water partition coefficient (Wildman–Crippen LogP) is 1.90. The van der Waals surface area contributed by atoms with Crippen molar-refractivity contribution in [1.82, 2.24) is 9.38 Å². The maximum atomic E-state index is 11.7. The van der Waals surface area contributed by atoms with Gasteiger partial charge in [0.05, 0.1) is 30.2 Å². The van der Waals surface area contributed by atoms with E-state index in [-0.39, 0.29) is 5.97 Å². The second kappa shape index (κ2) is 3.63. The van der Waals surface area contributed by atoms with Gasteiger partial charge in [-0.1, -0.05) is 0 Å². The average molecular weight is 216 g/mol.